The van der Waals surface area contributed by atoms with Gasteiger partial charge in [0, 0.05) is 11.4 Å². The number of nitrogens with zero attached hydrogens (tertiary/aromatic N) is 2. The molecule has 0 saturated carbocycles. The van der Waals surface area contributed by atoms with Crippen LogP contribution >= 0.6 is 11.8 Å². The van der Waals surface area contributed by atoms with Crippen molar-refractivity contribution < 1.29 is 8.42 Å². The van der Waals surface area contributed by atoms with Gasteiger partial charge in [-0.2, -0.15) is 0 Å². The van der Waals surface area contributed by atoms with Crippen LogP contribution < -0.4 is 4.90 Å². The lowest BCUT2D eigenvalue weighted by Crippen LogP contribution is -2.39. The summed E-state index contributed by atoms with van der Waals surface area (Å²) in [5.41, 5.74) is 2.25. The zero-order valence-corrected chi connectivity index (χ0v) is 14.7. The Hall–Kier alpha value is -1.79. The van der Waals surface area contributed by atoms with E-state index in [-0.39, 0.29) is 23.6 Å². The molecule has 0 aliphatic carbocycles. The zero-order valence-electron chi connectivity index (χ0n) is 13.1. The lowest BCUT2D eigenvalue weighted by atomic mass is 10.1. The van der Waals surface area contributed by atoms with E-state index >= 15 is 0 Å². The number of amidine groups is 1. The average molecular weight is 358 g/mol. The summed E-state index contributed by atoms with van der Waals surface area (Å²) in [7, 11) is -2.99. The summed E-state index contributed by atoms with van der Waals surface area (Å²) in [6, 6.07) is 20.0. The normalized spacial score (nSPS) is 24.7. The molecular weight excluding hydrogens is 340 g/mol. The van der Waals surface area contributed by atoms with Crippen LogP contribution in [0.2, 0.25) is 0 Å². The van der Waals surface area contributed by atoms with E-state index < -0.39 is 9.84 Å². The molecule has 2 aromatic carbocycles. The molecule has 2 aromatic rings. The monoisotopic (exact) mass is 358 g/mol. The Morgan fingerprint density at radius 1 is 1.00 bits per heavy atom. The lowest BCUT2D eigenvalue weighted by molar-refractivity contribution is 0.601. The average Bonchev–Trinajstić information content (AvgIpc) is 3.05. The molecule has 0 amide bonds. The van der Waals surface area contributed by atoms with Crippen LogP contribution in [-0.4, -0.2) is 37.2 Å². The third-order valence-corrected chi connectivity index (χ3v) is 7.09. The second-order valence-corrected chi connectivity index (χ2v) is 9.20. The van der Waals surface area contributed by atoms with Gasteiger partial charge in [-0.1, -0.05) is 60.3 Å². The van der Waals surface area contributed by atoms with Crippen molar-refractivity contribution in [2.75, 3.05) is 16.4 Å². The van der Waals surface area contributed by atoms with Crippen LogP contribution in [0.4, 0.5) is 5.69 Å². The Balaban J connectivity index is 1.61. The van der Waals surface area contributed by atoms with Crippen molar-refractivity contribution in [1.29, 1.82) is 0 Å². The fourth-order valence-corrected chi connectivity index (χ4v) is 6.17. The van der Waals surface area contributed by atoms with Crippen LogP contribution in [0.25, 0.3) is 0 Å². The summed E-state index contributed by atoms with van der Waals surface area (Å²) in [5, 5.41) is 0.926. The fraction of sp³-hybridized carbons (Fsp3) is 0.278. The molecule has 2 heterocycles. The van der Waals surface area contributed by atoms with Crippen molar-refractivity contribution in [2.24, 2.45) is 4.99 Å². The lowest BCUT2D eigenvalue weighted by Gasteiger charge is -2.26. The molecule has 0 unspecified atom stereocenters. The standard InChI is InChI=1S/C18H18N2O2S2/c21-24(22)12-16-17(13-24)20(15-9-5-2-6-10-15)18(19-16)23-11-14-7-3-1-4-8-14/h1-10,16-17H,11-13H2/t16-,17+/m0/s1. The number of para-hydroxylation sites is 1. The predicted molar refractivity (Wildman–Crippen MR) is 100 cm³/mol. The first kappa shape index (κ1) is 15.7. The Kier molecular flexibility index (Phi) is 4.10. The zero-order chi connectivity index (χ0) is 16.6. The van der Waals surface area contributed by atoms with Gasteiger partial charge in [-0.3, -0.25) is 4.99 Å². The van der Waals surface area contributed by atoms with Gasteiger partial charge in [-0.05, 0) is 17.7 Å². The molecule has 0 N–H and O–H groups in total. The highest BCUT2D eigenvalue weighted by Crippen LogP contribution is 2.35. The van der Waals surface area contributed by atoms with Gasteiger partial charge in [-0.25, -0.2) is 8.42 Å². The van der Waals surface area contributed by atoms with Crippen molar-refractivity contribution in [2.45, 2.75) is 17.8 Å². The van der Waals surface area contributed by atoms with Crippen molar-refractivity contribution in [3.05, 3.63) is 66.2 Å². The molecule has 0 spiro atoms. The number of aliphatic imine (C=N–C) groups is 1. The van der Waals surface area contributed by atoms with Gasteiger partial charge in [0.1, 0.15) is 0 Å². The minimum atomic E-state index is -2.99. The van der Waals surface area contributed by atoms with E-state index in [9.17, 15) is 8.42 Å². The Morgan fingerprint density at radius 3 is 2.38 bits per heavy atom. The van der Waals surface area contributed by atoms with E-state index in [2.05, 4.69) is 17.0 Å². The second-order valence-electron chi connectivity index (χ2n) is 6.10. The first-order valence-electron chi connectivity index (χ1n) is 7.92. The van der Waals surface area contributed by atoms with Gasteiger partial charge >= 0.3 is 0 Å². The number of hydrogen-bond donors (Lipinski definition) is 0. The summed E-state index contributed by atoms with van der Waals surface area (Å²) in [6.07, 6.45) is 0. The first-order valence-corrected chi connectivity index (χ1v) is 10.7. The van der Waals surface area contributed by atoms with Gasteiger partial charge in [-0.15, -0.1) is 0 Å². The molecule has 2 aliphatic heterocycles. The number of rotatable bonds is 3. The Bertz CT molecular complexity index is 851. The quantitative estimate of drug-likeness (QED) is 0.846. The molecule has 4 nitrogen and oxygen atoms in total. The largest absolute Gasteiger partial charge is 0.315 e. The van der Waals surface area contributed by atoms with Gasteiger partial charge in [0.05, 0.1) is 23.6 Å². The SMILES string of the molecule is O=S1(=O)C[C@@H]2N=C(SCc3ccccc3)N(c3ccccc3)[C@@H]2C1. The topological polar surface area (TPSA) is 49.7 Å². The summed E-state index contributed by atoms with van der Waals surface area (Å²) >= 11 is 1.68. The number of anilines is 1. The molecule has 124 valence electrons. The third-order valence-electron chi connectivity index (χ3n) is 4.35. The predicted octanol–water partition coefficient (Wildman–Crippen LogP) is 2.96. The number of benzene rings is 2. The molecule has 24 heavy (non-hydrogen) atoms. The summed E-state index contributed by atoms with van der Waals surface area (Å²) < 4.78 is 24.0. The molecule has 4 rings (SSSR count). The fourth-order valence-electron chi connectivity index (χ4n) is 3.25. The number of hydrogen-bond acceptors (Lipinski definition) is 5. The molecule has 2 aliphatic rings. The van der Waals surface area contributed by atoms with Crippen molar-refractivity contribution in [3.8, 4) is 0 Å². The summed E-state index contributed by atoms with van der Waals surface area (Å²) in [4.78, 5) is 6.86. The molecule has 1 fully saturated rings. The molecule has 1 saturated heterocycles. The van der Waals surface area contributed by atoms with Crippen LogP contribution in [0, 0.1) is 0 Å². The van der Waals surface area contributed by atoms with Crippen LogP contribution in [0.1, 0.15) is 5.56 Å². The molecular formula is C18H18N2O2S2. The van der Waals surface area contributed by atoms with Crippen molar-refractivity contribution in [1.82, 2.24) is 0 Å². The van der Waals surface area contributed by atoms with E-state index in [1.807, 2.05) is 48.5 Å². The first-order chi connectivity index (χ1) is 11.6. The minimum absolute atomic E-state index is 0.0735. The van der Waals surface area contributed by atoms with E-state index in [1.54, 1.807) is 11.8 Å². The smallest absolute Gasteiger partial charge is 0.164 e. The van der Waals surface area contributed by atoms with Crippen LogP contribution in [0.3, 0.4) is 0 Å². The molecule has 0 aromatic heterocycles. The minimum Gasteiger partial charge on any atom is -0.315 e. The Morgan fingerprint density at radius 2 is 1.67 bits per heavy atom. The van der Waals surface area contributed by atoms with Gasteiger partial charge in [0.15, 0.2) is 15.0 Å². The highest BCUT2D eigenvalue weighted by atomic mass is 32.2. The summed E-state index contributed by atoms with van der Waals surface area (Å²) in [6.45, 7) is 0. The van der Waals surface area contributed by atoms with E-state index in [4.69, 9.17) is 4.99 Å². The van der Waals surface area contributed by atoms with Crippen molar-refractivity contribution >= 4 is 32.5 Å². The second kappa shape index (κ2) is 6.26. The maximum Gasteiger partial charge on any atom is 0.164 e. The molecule has 0 radical (unpaired) electrons. The van der Waals surface area contributed by atoms with Crippen molar-refractivity contribution in [3.63, 3.8) is 0 Å². The molecule has 6 heteroatoms. The highest BCUT2D eigenvalue weighted by molar-refractivity contribution is 8.13. The van der Waals surface area contributed by atoms with Crippen LogP contribution in [-0.2, 0) is 15.6 Å². The van der Waals surface area contributed by atoms with E-state index in [0.717, 1.165) is 16.6 Å². The van der Waals surface area contributed by atoms with E-state index in [1.165, 1.54) is 5.56 Å². The van der Waals surface area contributed by atoms with Gasteiger partial charge < -0.3 is 4.90 Å². The highest BCUT2D eigenvalue weighted by Gasteiger charge is 2.47. The number of fused-ring (bicyclic) bond motifs is 1. The molecule has 2 atom stereocenters. The van der Waals surface area contributed by atoms with Gasteiger partial charge in [0.2, 0.25) is 0 Å². The van der Waals surface area contributed by atoms with Crippen LogP contribution in [0.15, 0.2) is 65.7 Å². The van der Waals surface area contributed by atoms with Gasteiger partial charge in [0.25, 0.3) is 0 Å². The maximum absolute atomic E-state index is 12.0. The van der Waals surface area contributed by atoms with Crippen LogP contribution in [0.5, 0.6) is 0 Å². The maximum atomic E-state index is 12.0. The molecule has 0 bridgehead atoms. The number of thioether (sulfide) groups is 1. The summed E-state index contributed by atoms with van der Waals surface area (Å²) in [5.74, 6) is 1.18. The third kappa shape index (κ3) is 3.08. The number of sulfone groups is 1. The Labute approximate surface area is 146 Å². The van der Waals surface area contributed by atoms with E-state index in [0.29, 0.717) is 0 Å².